The van der Waals surface area contributed by atoms with Crippen molar-refractivity contribution in [2.45, 2.75) is 32.4 Å². The van der Waals surface area contributed by atoms with Crippen LogP contribution < -0.4 is 0 Å². The van der Waals surface area contributed by atoms with E-state index in [1.165, 1.54) is 0 Å². The maximum atomic E-state index is 11.6. The average molecular weight is 297 g/mol. The topological polar surface area (TPSA) is 23.5 Å². The summed E-state index contributed by atoms with van der Waals surface area (Å²) in [5.41, 5.74) is 0.919. The third-order valence-electron chi connectivity index (χ3n) is 4.58. The van der Waals surface area contributed by atoms with Gasteiger partial charge < -0.3 is 10.0 Å². The highest BCUT2D eigenvalue weighted by Crippen LogP contribution is 2.37. The molecule has 0 saturated carbocycles. The highest BCUT2D eigenvalue weighted by atomic mass is 16.3. The maximum absolute atomic E-state index is 11.6. The van der Waals surface area contributed by atoms with Gasteiger partial charge in [-0.2, -0.15) is 0 Å². The normalized spacial score (nSPS) is 13.6. The third-order valence-corrected chi connectivity index (χ3v) is 4.58. The van der Waals surface area contributed by atoms with Crippen molar-refractivity contribution in [1.29, 1.82) is 0 Å². The van der Waals surface area contributed by atoms with Gasteiger partial charge in [-0.1, -0.05) is 67.6 Å². The van der Waals surface area contributed by atoms with Crippen molar-refractivity contribution in [3.63, 3.8) is 0 Å². The first-order valence-electron chi connectivity index (χ1n) is 8.00. The van der Waals surface area contributed by atoms with E-state index >= 15 is 0 Å². The molecule has 0 bridgehead atoms. The zero-order valence-electron chi connectivity index (χ0n) is 14.0. The molecule has 2 aromatic rings. The van der Waals surface area contributed by atoms with Crippen molar-refractivity contribution >= 4 is 0 Å². The number of hydrogen-bond donors (Lipinski definition) is 1. The Labute approximate surface area is 134 Å². The molecular weight excluding hydrogens is 270 g/mol. The van der Waals surface area contributed by atoms with Gasteiger partial charge in [0.2, 0.25) is 0 Å². The minimum Gasteiger partial charge on any atom is -0.380 e. The molecule has 1 atom stereocenters. The molecule has 118 valence electrons. The molecule has 2 aromatic carbocycles. The Morgan fingerprint density at radius 1 is 0.864 bits per heavy atom. The Kier molecular flexibility index (Phi) is 5.38. The highest BCUT2D eigenvalue weighted by molar-refractivity contribution is 5.36. The summed E-state index contributed by atoms with van der Waals surface area (Å²) in [6, 6.07) is 20.4. The van der Waals surface area contributed by atoms with E-state index in [0.29, 0.717) is 6.04 Å². The molecule has 0 fully saturated rings. The maximum Gasteiger partial charge on any atom is 0.118 e. The summed E-state index contributed by atoms with van der Waals surface area (Å²) in [6.45, 7) is 7.31. The Hall–Kier alpha value is -1.64. The molecule has 0 radical (unpaired) electrons. The van der Waals surface area contributed by atoms with E-state index in [0.717, 1.165) is 17.7 Å². The first-order chi connectivity index (χ1) is 10.5. The van der Waals surface area contributed by atoms with Crippen LogP contribution in [-0.4, -0.2) is 29.6 Å². The largest absolute Gasteiger partial charge is 0.380 e. The van der Waals surface area contributed by atoms with Crippen molar-refractivity contribution in [3.8, 4) is 0 Å². The van der Waals surface area contributed by atoms with Gasteiger partial charge in [-0.25, -0.2) is 0 Å². The van der Waals surface area contributed by atoms with Crippen molar-refractivity contribution in [1.82, 2.24) is 4.90 Å². The summed E-state index contributed by atoms with van der Waals surface area (Å²) in [6.07, 6.45) is 0. The van der Waals surface area contributed by atoms with Crippen LogP contribution in [0.25, 0.3) is 0 Å². The van der Waals surface area contributed by atoms with Crippen LogP contribution in [0.15, 0.2) is 60.7 Å². The lowest BCUT2D eigenvalue weighted by atomic mass is 9.76. The lowest BCUT2D eigenvalue weighted by Gasteiger charge is -2.38. The van der Waals surface area contributed by atoms with Crippen LogP contribution in [0.3, 0.4) is 0 Å². The zero-order valence-corrected chi connectivity index (χ0v) is 14.0. The quantitative estimate of drug-likeness (QED) is 0.874. The molecule has 0 amide bonds. The molecule has 0 aliphatic rings. The van der Waals surface area contributed by atoms with Gasteiger partial charge in [0.05, 0.1) is 0 Å². The van der Waals surface area contributed by atoms with E-state index < -0.39 is 5.60 Å². The zero-order chi connectivity index (χ0) is 16.2. The van der Waals surface area contributed by atoms with E-state index in [2.05, 4.69) is 32.7 Å². The molecular formula is C20H27NO. The van der Waals surface area contributed by atoms with Gasteiger partial charge in [0.25, 0.3) is 0 Å². The molecule has 0 spiro atoms. The second-order valence-corrected chi connectivity index (χ2v) is 6.43. The predicted octanol–water partition coefficient (Wildman–Crippen LogP) is 3.90. The summed E-state index contributed by atoms with van der Waals surface area (Å²) in [5, 5.41) is 11.6. The standard InChI is InChI=1S/C20H27NO/c1-16(2)21(4)15-17(3)20(22,18-11-7-5-8-12-18)19-13-9-6-10-14-19/h5-14,16-17,22H,15H2,1-4H3. The Morgan fingerprint density at radius 3 is 1.64 bits per heavy atom. The molecule has 2 rings (SSSR count). The lowest BCUT2D eigenvalue weighted by Crippen LogP contribution is -2.42. The molecule has 22 heavy (non-hydrogen) atoms. The molecule has 2 nitrogen and oxygen atoms in total. The highest BCUT2D eigenvalue weighted by Gasteiger charge is 2.38. The molecule has 1 unspecified atom stereocenters. The fraction of sp³-hybridized carbons (Fsp3) is 0.400. The van der Waals surface area contributed by atoms with Gasteiger partial charge in [0, 0.05) is 18.5 Å². The first-order valence-corrected chi connectivity index (χ1v) is 8.00. The van der Waals surface area contributed by atoms with Crippen LogP contribution >= 0.6 is 0 Å². The van der Waals surface area contributed by atoms with Crippen molar-refractivity contribution in [2.24, 2.45) is 5.92 Å². The minimum atomic E-state index is -0.980. The van der Waals surface area contributed by atoms with Crippen molar-refractivity contribution in [3.05, 3.63) is 71.8 Å². The van der Waals surface area contributed by atoms with Gasteiger partial charge in [0.1, 0.15) is 5.60 Å². The molecule has 0 heterocycles. The van der Waals surface area contributed by atoms with E-state index in [4.69, 9.17) is 0 Å². The van der Waals surface area contributed by atoms with Crippen LogP contribution in [0.5, 0.6) is 0 Å². The molecule has 0 aliphatic carbocycles. The van der Waals surface area contributed by atoms with E-state index in [1.807, 2.05) is 60.7 Å². The fourth-order valence-electron chi connectivity index (χ4n) is 2.90. The monoisotopic (exact) mass is 297 g/mol. The van der Waals surface area contributed by atoms with Crippen LogP contribution in [0.4, 0.5) is 0 Å². The first kappa shape index (κ1) is 16.7. The third kappa shape index (κ3) is 3.40. The second-order valence-electron chi connectivity index (χ2n) is 6.43. The van der Waals surface area contributed by atoms with Gasteiger partial charge >= 0.3 is 0 Å². The van der Waals surface area contributed by atoms with Gasteiger partial charge in [-0.3, -0.25) is 0 Å². The summed E-state index contributed by atoms with van der Waals surface area (Å²) < 4.78 is 0. The second kappa shape index (κ2) is 7.08. The molecule has 0 aliphatic heterocycles. The SMILES string of the molecule is CC(C)N(C)CC(C)C(O)(c1ccccc1)c1ccccc1. The molecule has 0 aromatic heterocycles. The van der Waals surface area contributed by atoms with Crippen molar-refractivity contribution in [2.75, 3.05) is 13.6 Å². The number of benzene rings is 2. The summed E-state index contributed by atoms with van der Waals surface area (Å²) in [5.74, 6) is 0.0738. The van der Waals surface area contributed by atoms with Gasteiger partial charge in [-0.05, 0) is 32.0 Å². The van der Waals surface area contributed by atoms with Crippen LogP contribution in [0, 0.1) is 5.92 Å². The van der Waals surface area contributed by atoms with Gasteiger partial charge in [-0.15, -0.1) is 0 Å². The number of hydrogen-bond acceptors (Lipinski definition) is 2. The predicted molar refractivity (Wildman–Crippen MR) is 92.8 cm³/mol. The van der Waals surface area contributed by atoms with Gasteiger partial charge in [0.15, 0.2) is 0 Å². The van der Waals surface area contributed by atoms with E-state index in [-0.39, 0.29) is 5.92 Å². The van der Waals surface area contributed by atoms with Crippen LogP contribution in [0.2, 0.25) is 0 Å². The van der Waals surface area contributed by atoms with E-state index in [9.17, 15) is 5.11 Å². The van der Waals surface area contributed by atoms with Crippen LogP contribution in [0.1, 0.15) is 31.9 Å². The average Bonchev–Trinajstić information content (AvgIpc) is 2.55. The number of rotatable bonds is 6. The Morgan fingerprint density at radius 2 is 1.27 bits per heavy atom. The summed E-state index contributed by atoms with van der Waals surface area (Å²) in [4.78, 5) is 2.28. The number of nitrogens with zero attached hydrogens (tertiary/aromatic N) is 1. The minimum absolute atomic E-state index is 0.0738. The molecule has 1 N–H and O–H groups in total. The fourth-order valence-corrected chi connectivity index (χ4v) is 2.90. The summed E-state index contributed by atoms with van der Waals surface area (Å²) in [7, 11) is 2.11. The van der Waals surface area contributed by atoms with Crippen LogP contribution in [-0.2, 0) is 5.60 Å². The summed E-state index contributed by atoms with van der Waals surface area (Å²) >= 11 is 0. The number of aliphatic hydroxyl groups is 1. The van der Waals surface area contributed by atoms with Crippen molar-refractivity contribution < 1.29 is 5.11 Å². The molecule has 2 heteroatoms. The Balaban J connectivity index is 2.43. The smallest absolute Gasteiger partial charge is 0.118 e. The lowest BCUT2D eigenvalue weighted by molar-refractivity contribution is 0.00722. The molecule has 0 saturated heterocycles. The van der Waals surface area contributed by atoms with E-state index in [1.54, 1.807) is 0 Å². The Bertz CT molecular complexity index is 525.